The van der Waals surface area contributed by atoms with Crippen LogP contribution in [0.4, 0.5) is 4.39 Å². The standard InChI is InChI=1S/C20H16FO3/c1-13-9-14(2)19(24-12-15-5-3-6-16(21)10-15)11-17(13)20(22)18-7-4-8-23-18/h3-11H,2,12H2,1H3. The molecular formula is C20H16FO3. The van der Waals surface area contributed by atoms with Crippen molar-refractivity contribution in [2.75, 3.05) is 0 Å². The van der Waals surface area contributed by atoms with Crippen LogP contribution in [0.3, 0.4) is 0 Å². The summed E-state index contributed by atoms with van der Waals surface area (Å²) in [6, 6.07) is 12.9. The quantitative estimate of drug-likeness (QED) is 0.638. The fraction of sp³-hybridized carbons (Fsp3) is 0.100. The molecular weight excluding hydrogens is 307 g/mol. The SMILES string of the molecule is [CH2]c1cc(C)c(C(=O)c2ccco2)cc1OCc1cccc(F)c1. The fourth-order valence-corrected chi connectivity index (χ4v) is 2.46. The normalized spacial score (nSPS) is 10.6. The van der Waals surface area contributed by atoms with E-state index < -0.39 is 0 Å². The number of halogens is 1. The highest BCUT2D eigenvalue weighted by Gasteiger charge is 2.17. The van der Waals surface area contributed by atoms with Gasteiger partial charge in [0.2, 0.25) is 5.78 Å². The molecule has 0 fully saturated rings. The van der Waals surface area contributed by atoms with Gasteiger partial charge in [0.05, 0.1) is 6.26 Å². The van der Waals surface area contributed by atoms with E-state index in [0.717, 1.165) is 5.56 Å². The third kappa shape index (κ3) is 3.38. The molecule has 2 aromatic carbocycles. The van der Waals surface area contributed by atoms with Gasteiger partial charge in [-0.3, -0.25) is 4.79 Å². The van der Waals surface area contributed by atoms with Crippen LogP contribution < -0.4 is 4.74 Å². The first kappa shape index (κ1) is 16.0. The highest BCUT2D eigenvalue weighted by atomic mass is 19.1. The Morgan fingerprint density at radius 3 is 2.75 bits per heavy atom. The van der Waals surface area contributed by atoms with Crippen LogP contribution in [0.1, 0.15) is 32.8 Å². The molecule has 3 aromatic rings. The summed E-state index contributed by atoms with van der Waals surface area (Å²) < 4.78 is 24.1. The van der Waals surface area contributed by atoms with E-state index in [2.05, 4.69) is 6.92 Å². The molecule has 0 N–H and O–H groups in total. The summed E-state index contributed by atoms with van der Waals surface area (Å²) in [5.41, 5.74) is 2.65. The monoisotopic (exact) mass is 323 g/mol. The van der Waals surface area contributed by atoms with Crippen LogP contribution in [0.2, 0.25) is 0 Å². The van der Waals surface area contributed by atoms with E-state index in [1.54, 1.807) is 36.4 Å². The maximum absolute atomic E-state index is 13.2. The van der Waals surface area contributed by atoms with Crippen LogP contribution >= 0.6 is 0 Å². The van der Waals surface area contributed by atoms with Gasteiger partial charge in [-0.2, -0.15) is 0 Å². The Labute approximate surface area is 139 Å². The maximum atomic E-state index is 13.2. The lowest BCUT2D eigenvalue weighted by Gasteiger charge is -2.13. The minimum Gasteiger partial charge on any atom is -0.489 e. The largest absolute Gasteiger partial charge is 0.489 e. The van der Waals surface area contributed by atoms with E-state index >= 15 is 0 Å². The van der Waals surface area contributed by atoms with Crippen molar-refractivity contribution >= 4 is 5.78 Å². The van der Waals surface area contributed by atoms with E-state index in [1.807, 2.05) is 6.92 Å². The average Bonchev–Trinajstić information content (AvgIpc) is 3.08. The summed E-state index contributed by atoms with van der Waals surface area (Å²) in [5.74, 6) is 0.224. The van der Waals surface area contributed by atoms with Gasteiger partial charge in [-0.15, -0.1) is 0 Å². The molecule has 3 rings (SSSR count). The molecule has 0 bridgehead atoms. The molecule has 0 amide bonds. The Hall–Kier alpha value is -2.88. The van der Waals surface area contributed by atoms with Gasteiger partial charge in [0, 0.05) is 5.56 Å². The minimum absolute atomic E-state index is 0.192. The van der Waals surface area contributed by atoms with Crippen molar-refractivity contribution in [3.63, 3.8) is 0 Å². The molecule has 1 aromatic heterocycles. The summed E-state index contributed by atoms with van der Waals surface area (Å²) >= 11 is 0. The lowest BCUT2D eigenvalue weighted by atomic mass is 10.00. The molecule has 0 atom stereocenters. The second kappa shape index (κ2) is 6.71. The fourth-order valence-electron chi connectivity index (χ4n) is 2.46. The number of aryl methyl sites for hydroxylation is 1. The third-order valence-electron chi connectivity index (χ3n) is 3.68. The van der Waals surface area contributed by atoms with Crippen molar-refractivity contribution in [2.24, 2.45) is 0 Å². The van der Waals surface area contributed by atoms with E-state index in [4.69, 9.17) is 9.15 Å². The molecule has 4 heteroatoms. The zero-order valence-electron chi connectivity index (χ0n) is 13.2. The van der Waals surface area contributed by atoms with Crippen LogP contribution in [0.25, 0.3) is 0 Å². The number of rotatable bonds is 5. The second-order valence-electron chi connectivity index (χ2n) is 5.50. The summed E-state index contributed by atoms with van der Waals surface area (Å²) in [5, 5.41) is 0. The zero-order valence-corrected chi connectivity index (χ0v) is 13.2. The third-order valence-corrected chi connectivity index (χ3v) is 3.68. The first-order valence-electron chi connectivity index (χ1n) is 7.46. The molecule has 0 spiro atoms. The molecule has 3 nitrogen and oxygen atoms in total. The number of hydrogen-bond acceptors (Lipinski definition) is 3. The zero-order chi connectivity index (χ0) is 17.1. The Balaban J connectivity index is 1.86. The number of benzene rings is 2. The molecule has 0 saturated carbocycles. The van der Waals surface area contributed by atoms with Crippen molar-refractivity contribution in [1.82, 2.24) is 0 Å². The molecule has 0 saturated heterocycles. The minimum atomic E-state index is -0.316. The van der Waals surface area contributed by atoms with Crippen molar-refractivity contribution in [3.8, 4) is 5.75 Å². The van der Waals surface area contributed by atoms with Crippen LogP contribution in [-0.2, 0) is 6.61 Å². The Morgan fingerprint density at radius 2 is 2.04 bits per heavy atom. The highest BCUT2D eigenvalue weighted by molar-refractivity contribution is 6.08. The second-order valence-corrected chi connectivity index (χ2v) is 5.50. The van der Waals surface area contributed by atoms with E-state index in [1.165, 1.54) is 18.4 Å². The Kier molecular flexibility index (Phi) is 4.47. The maximum Gasteiger partial charge on any atom is 0.228 e. The number of carbonyl (C=O) groups is 1. The van der Waals surface area contributed by atoms with Crippen molar-refractivity contribution in [1.29, 1.82) is 0 Å². The summed E-state index contributed by atoms with van der Waals surface area (Å²) in [4.78, 5) is 12.5. The van der Waals surface area contributed by atoms with Crippen molar-refractivity contribution in [3.05, 3.63) is 95.5 Å². The van der Waals surface area contributed by atoms with Gasteiger partial charge in [0.15, 0.2) is 5.76 Å². The molecule has 1 radical (unpaired) electrons. The van der Waals surface area contributed by atoms with Crippen LogP contribution in [0.5, 0.6) is 5.75 Å². The molecule has 0 unspecified atom stereocenters. The van der Waals surface area contributed by atoms with Gasteiger partial charge in [-0.25, -0.2) is 4.39 Å². The average molecular weight is 323 g/mol. The first-order chi connectivity index (χ1) is 11.5. The topological polar surface area (TPSA) is 39.4 Å². The summed E-state index contributed by atoms with van der Waals surface area (Å²) in [6.07, 6.45) is 1.46. The smallest absolute Gasteiger partial charge is 0.228 e. The lowest BCUT2D eigenvalue weighted by Crippen LogP contribution is -2.05. The van der Waals surface area contributed by atoms with E-state index in [0.29, 0.717) is 22.4 Å². The lowest BCUT2D eigenvalue weighted by molar-refractivity contribution is 0.101. The molecule has 0 aliphatic heterocycles. The van der Waals surface area contributed by atoms with Gasteiger partial charge in [-0.05, 0) is 60.9 Å². The van der Waals surface area contributed by atoms with Crippen LogP contribution in [0.15, 0.2) is 59.2 Å². The molecule has 24 heavy (non-hydrogen) atoms. The van der Waals surface area contributed by atoms with Gasteiger partial charge in [-0.1, -0.05) is 18.2 Å². The number of furan rings is 1. The molecule has 0 aliphatic carbocycles. The highest BCUT2D eigenvalue weighted by Crippen LogP contribution is 2.26. The summed E-state index contributed by atoms with van der Waals surface area (Å²) in [7, 11) is 0. The number of ketones is 1. The molecule has 121 valence electrons. The number of hydrogen-bond donors (Lipinski definition) is 0. The predicted octanol–water partition coefficient (Wildman–Crippen LogP) is 4.72. The van der Waals surface area contributed by atoms with Gasteiger partial charge < -0.3 is 9.15 Å². The molecule has 0 aliphatic rings. The van der Waals surface area contributed by atoms with Gasteiger partial charge in [0.25, 0.3) is 0 Å². The van der Waals surface area contributed by atoms with Crippen molar-refractivity contribution < 1.29 is 18.3 Å². The summed E-state index contributed by atoms with van der Waals surface area (Å²) in [6.45, 7) is 5.97. The molecule has 1 heterocycles. The Morgan fingerprint density at radius 1 is 1.21 bits per heavy atom. The number of ether oxygens (including phenoxy) is 1. The van der Waals surface area contributed by atoms with E-state index in [9.17, 15) is 9.18 Å². The van der Waals surface area contributed by atoms with Gasteiger partial charge in [0.1, 0.15) is 18.2 Å². The van der Waals surface area contributed by atoms with Crippen LogP contribution in [0, 0.1) is 19.7 Å². The van der Waals surface area contributed by atoms with Crippen molar-refractivity contribution in [2.45, 2.75) is 13.5 Å². The van der Waals surface area contributed by atoms with E-state index in [-0.39, 0.29) is 24.0 Å². The van der Waals surface area contributed by atoms with Gasteiger partial charge >= 0.3 is 0 Å². The first-order valence-corrected chi connectivity index (χ1v) is 7.46. The number of carbonyl (C=O) groups excluding carboxylic acids is 1. The van der Waals surface area contributed by atoms with Crippen LogP contribution in [-0.4, -0.2) is 5.78 Å². The Bertz CT molecular complexity index is 867. The predicted molar refractivity (Wildman–Crippen MR) is 88.5 cm³/mol.